The molecule has 1 saturated heterocycles. The van der Waals surface area contributed by atoms with Crippen molar-refractivity contribution in [3.63, 3.8) is 0 Å². The summed E-state index contributed by atoms with van der Waals surface area (Å²) < 4.78 is 33.8. The van der Waals surface area contributed by atoms with Gasteiger partial charge in [-0.1, -0.05) is 29.8 Å². The zero-order valence-corrected chi connectivity index (χ0v) is 26.6. The number of hydrogen-bond acceptors (Lipinski definition) is 14. The van der Waals surface area contributed by atoms with Crippen LogP contribution in [0, 0.1) is 6.92 Å². The van der Waals surface area contributed by atoms with Crippen LogP contribution < -0.4 is 9.75 Å². The molecule has 0 N–H and O–H groups in total. The topological polar surface area (TPSA) is 160 Å². The SMILES string of the molecule is COc1ccc(C2N(c3ccc(C)cc3)N=C(C(C)=O)N2[C@H]2[C@H](OC(C)=O)O[C@H](COC(C)=O)[C@@H](OC(C)=O)[C@@H]2OC(C)=O)cc1. The number of hydrazone groups is 1. The number of benzene rings is 2. The molecule has 0 aliphatic carbocycles. The van der Waals surface area contributed by atoms with Crippen molar-refractivity contribution in [2.24, 2.45) is 5.10 Å². The molecule has 2 aliphatic rings. The number of Topliss-reactive ketones (excluding diaryl/α,β-unsaturated/α-hetero) is 1. The van der Waals surface area contributed by atoms with Crippen molar-refractivity contribution in [2.45, 2.75) is 78.4 Å². The highest BCUT2D eigenvalue weighted by Crippen LogP contribution is 2.42. The van der Waals surface area contributed by atoms with Gasteiger partial charge in [0, 0.05) is 34.6 Å². The highest BCUT2D eigenvalue weighted by atomic mass is 16.7. The van der Waals surface area contributed by atoms with Crippen LogP contribution in [0.4, 0.5) is 5.69 Å². The Bertz CT molecular complexity index is 1490. The monoisotopic (exact) mass is 639 g/mol. The predicted octanol–water partition coefficient (Wildman–Crippen LogP) is 2.81. The number of ketones is 1. The number of aryl methyl sites for hydroxylation is 1. The van der Waals surface area contributed by atoms with Gasteiger partial charge < -0.3 is 33.3 Å². The fourth-order valence-corrected chi connectivity index (χ4v) is 5.41. The van der Waals surface area contributed by atoms with Gasteiger partial charge in [0.25, 0.3) is 0 Å². The van der Waals surface area contributed by atoms with E-state index in [4.69, 9.17) is 33.5 Å². The molecule has 2 aromatic carbocycles. The quantitative estimate of drug-likeness (QED) is 0.276. The van der Waals surface area contributed by atoms with Gasteiger partial charge in [0.1, 0.15) is 24.5 Å². The lowest BCUT2D eigenvalue weighted by atomic mass is 9.93. The summed E-state index contributed by atoms with van der Waals surface area (Å²) in [6.07, 6.45) is -6.44. The molecular weight excluding hydrogens is 602 g/mol. The van der Waals surface area contributed by atoms with Crippen molar-refractivity contribution in [3.05, 3.63) is 59.7 Å². The second-order valence-corrected chi connectivity index (χ2v) is 10.8. The third-order valence-electron chi connectivity index (χ3n) is 7.24. The Labute approximate surface area is 266 Å². The van der Waals surface area contributed by atoms with Crippen LogP contribution in [0.5, 0.6) is 5.75 Å². The minimum absolute atomic E-state index is 0.0793. The summed E-state index contributed by atoms with van der Waals surface area (Å²) in [7, 11) is 1.53. The fourth-order valence-electron chi connectivity index (χ4n) is 5.41. The first-order chi connectivity index (χ1) is 21.8. The van der Waals surface area contributed by atoms with E-state index in [1.165, 1.54) is 25.9 Å². The summed E-state index contributed by atoms with van der Waals surface area (Å²) in [5.74, 6) is -2.91. The van der Waals surface area contributed by atoms with Gasteiger partial charge in [-0.2, -0.15) is 0 Å². The van der Waals surface area contributed by atoms with Crippen LogP contribution in [0.25, 0.3) is 0 Å². The van der Waals surface area contributed by atoms with Gasteiger partial charge in [0.15, 0.2) is 30.0 Å². The number of rotatable bonds is 10. The van der Waals surface area contributed by atoms with E-state index < -0.39 is 73.1 Å². The number of nitrogens with zero attached hydrogens (tertiary/aromatic N) is 3. The molecule has 2 aliphatic heterocycles. The molecule has 4 rings (SSSR count). The molecule has 0 amide bonds. The zero-order chi connectivity index (χ0) is 33.7. The molecule has 2 heterocycles. The maximum Gasteiger partial charge on any atom is 0.305 e. The number of amidine groups is 1. The predicted molar refractivity (Wildman–Crippen MR) is 161 cm³/mol. The van der Waals surface area contributed by atoms with E-state index in [2.05, 4.69) is 0 Å². The second kappa shape index (κ2) is 14.4. The first-order valence-corrected chi connectivity index (χ1v) is 14.5. The number of ether oxygens (including phenoxy) is 6. The van der Waals surface area contributed by atoms with Gasteiger partial charge in [-0.3, -0.25) is 24.0 Å². The van der Waals surface area contributed by atoms with E-state index in [0.29, 0.717) is 17.0 Å². The Balaban J connectivity index is 1.97. The molecule has 0 spiro atoms. The van der Waals surface area contributed by atoms with Gasteiger partial charge in [-0.05, 0) is 36.8 Å². The Morgan fingerprint density at radius 3 is 1.89 bits per heavy atom. The first-order valence-electron chi connectivity index (χ1n) is 14.5. The average molecular weight is 640 g/mol. The third kappa shape index (κ3) is 7.62. The van der Waals surface area contributed by atoms with Crippen molar-refractivity contribution >= 4 is 41.2 Å². The number of carbonyl (C=O) groups excluding carboxylic acids is 5. The van der Waals surface area contributed by atoms with E-state index in [9.17, 15) is 24.0 Å². The van der Waals surface area contributed by atoms with Gasteiger partial charge in [-0.25, -0.2) is 5.01 Å². The van der Waals surface area contributed by atoms with Gasteiger partial charge in [0.2, 0.25) is 6.29 Å². The highest BCUT2D eigenvalue weighted by molar-refractivity contribution is 6.38. The Morgan fingerprint density at radius 2 is 1.37 bits per heavy atom. The molecule has 1 fully saturated rings. The van der Waals surface area contributed by atoms with Crippen LogP contribution in [-0.4, -0.2) is 84.8 Å². The normalized spacial score (nSPS) is 24.0. The molecule has 0 bridgehead atoms. The van der Waals surface area contributed by atoms with E-state index >= 15 is 0 Å². The summed E-state index contributed by atoms with van der Waals surface area (Å²) in [6, 6.07) is 13.1. The Morgan fingerprint density at radius 1 is 0.783 bits per heavy atom. The van der Waals surface area contributed by atoms with Crippen molar-refractivity contribution in [1.82, 2.24) is 4.90 Å². The van der Waals surface area contributed by atoms with Crippen LogP contribution in [0.3, 0.4) is 0 Å². The van der Waals surface area contributed by atoms with E-state index in [0.717, 1.165) is 26.3 Å². The zero-order valence-electron chi connectivity index (χ0n) is 26.6. The van der Waals surface area contributed by atoms with Gasteiger partial charge in [-0.15, -0.1) is 5.10 Å². The van der Waals surface area contributed by atoms with Crippen LogP contribution in [-0.2, 0) is 47.7 Å². The number of hydrogen-bond donors (Lipinski definition) is 0. The standard InChI is InChI=1S/C32H37N3O11/c1-17-8-12-24(13-9-17)35-31(23-10-14-25(41-7)15-11-23)34(30(33-35)18(2)36)27-29(44-21(5)39)28(43-20(4)38)26(16-42-19(3)37)46-32(27)45-22(6)40/h8-15,26-29,31-32H,16H2,1-7H3/t26-,27-,28-,29-,31?,32-/m1/s1. The van der Waals surface area contributed by atoms with Crippen LogP contribution >= 0.6 is 0 Å². The second-order valence-electron chi connectivity index (χ2n) is 10.8. The summed E-state index contributed by atoms with van der Waals surface area (Å²) in [6.45, 7) is 7.46. The van der Waals surface area contributed by atoms with Crippen molar-refractivity contribution in [2.75, 3.05) is 18.7 Å². The van der Waals surface area contributed by atoms with Gasteiger partial charge >= 0.3 is 23.9 Å². The molecule has 0 aromatic heterocycles. The molecule has 1 unspecified atom stereocenters. The van der Waals surface area contributed by atoms with Crippen molar-refractivity contribution < 1.29 is 52.4 Å². The number of methoxy groups -OCH3 is 1. The lowest BCUT2D eigenvalue weighted by molar-refractivity contribution is -0.282. The first kappa shape index (κ1) is 33.9. The molecular formula is C32H37N3O11. The molecule has 6 atom stereocenters. The maximum atomic E-state index is 13.3. The number of carbonyl (C=O) groups is 5. The van der Waals surface area contributed by atoms with Crippen LogP contribution in [0.1, 0.15) is 51.9 Å². The maximum absolute atomic E-state index is 13.3. The molecule has 14 nitrogen and oxygen atoms in total. The minimum Gasteiger partial charge on any atom is -0.497 e. The average Bonchev–Trinajstić information content (AvgIpc) is 3.37. The smallest absolute Gasteiger partial charge is 0.305 e. The molecule has 0 saturated carbocycles. The summed E-state index contributed by atoms with van der Waals surface area (Å²) >= 11 is 0. The molecule has 2 aromatic rings. The van der Waals surface area contributed by atoms with E-state index in [1.807, 2.05) is 31.2 Å². The lowest BCUT2D eigenvalue weighted by Crippen LogP contribution is -2.68. The molecule has 14 heteroatoms. The van der Waals surface area contributed by atoms with E-state index in [1.54, 1.807) is 29.3 Å². The molecule has 246 valence electrons. The molecule has 0 radical (unpaired) electrons. The van der Waals surface area contributed by atoms with E-state index in [-0.39, 0.29) is 5.84 Å². The van der Waals surface area contributed by atoms with Gasteiger partial charge in [0.05, 0.1) is 12.8 Å². The molecule has 46 heavy (non-hydrogen) atoms. The number of esters is 4. The lowest BCUT2D eigenvalue weighted by Gasteiger charge is -2.49. The van der Waals surface area contributed by atoms with Crippen LogP contribution in [0.15, 0.2) is 53.6 Å². The number of anilines is 1. The Kier molecular flexibility index (Phi) is 10.6. The Hall–Kier alpha value is -4.98. The van der Waals surface area contributed by atoms with Crippen LogP contribution in [0.2, 0.25) is 0 Å². The summed E-state index contributed by atoms with van der Waals surface area (Å²) in [5, 5.41) is 6.33. The summed E-state index contributed by atoms with van der Waals surface area (Å²) in [4.78, 5) is 64.1. The summed E-state index contributed by atoms with van der Waals surface area (Å²) in [5.41, 5.74) is 2.22. The van der Waals surface area contributed by atoms with Crippen molar-refractivity contribution in [3.8, 4) is 5.75 Å². The largest absolute Gasteiger partial charge is 0.497 e. The minimum atomic E-state index is -1.53. The fraction of sp³-hybridized carbons (Fsp3) is 0.438. The van der Waals surface area contributed by atoms with Crippen molar-refractivity contribution in [1.29, 1.82) is 0 Å². The highest BCUT2D eigenvalue weighted by Gasteiger charge is 2.58. The third-order valence-corrected chi connectivity index (χ3v) is 7.24.